The first-order chi connectivity index (χ1) is 7.01. The average molecular weight is 207 g/mol. The molecule has 0 heterocycles. The number of benzene rings is 1. The first-order valence-corrected chi connectivity index (χ1v) is 4.66. The highest BCUT2D eigenvalue weighted by Gasteiger charge is 2.00. The molecule has 80 valence electrons. The van der Waals surface area contributed by atoms with Gasteiger partial charge in [-0.1, -0.05) is 20.8 Å². The Balaban J connectivity index is 0.000000423. The van der Waals surface area contributed by atoms with E-state index in [1.807, 2.05) is 0 Å². The molecule has 0 unspecified atom stereocenters. The van der Waals surface area contributed by atoms with Gasteiger partial charge in [0, 0.05) is 0 Å². The van der Waals surface area contributed by atoms with Gasteiger partial charge in [0.2, 0.25) is 0 Å². The van der Waals surface area contributed by atoms with Crippen molar-refractivity contribution in [1.29, 1.82) is 5.26 Å². The van der Waals surface area contributed by atoms with Crippen molar-refractivity contribution in [3.63, 3.8) is 0 Å². The smallest absolute Gasteiger partial charge is 0.153 e. The lowest BCUT2D eigenvalue weighted by atomic mass is 10.1. The number of rotatable bonds is 1. The summed E-state index contributed by atoms with van der Waals surface area (Å²) in [5.74, 6) is 0.235. The Morgan fingerprint density at radius 1 is 1.40 bits per heavy atom. The number of hydrogen-bond donors (Lipinski definition) is 0. The summed E-state index contributed by atoms with van der Waals surface area (Å²) in [6.45, 7) is 6.50. The number of hydrogen-bond acceptors (Lipinski definition) is 2. The molecule has 0 bridgehead atoms. The Morgan fingerprint density at radius 2 is 1.93 bits per heavy atom. The summed E-state index contributed by atoms with van der Waals surface area (Å²) in [6.07, 6.45) is 0.385. The Bertz CT molecular complexity index is 364. The van der Waals surface area contributed by atoms with E-state index in [0.29, 0.717) is 6.29 Å². The second-order valence-corrected chi connectivity index (χ2v) is 3.70. The van der Waals surface area contributed by atoms with Crippen LogP contribution in [-0.4, -0.2) is 6.29 Å². The predicted octanol–water partition coefficient (Wildman–Crippen LogP) is 3.17. The van der Waals surface area contributed by atoms with Gasteiger partial charge in [0.25, 0.3) is 0 Å². The summed E-state index contributed by atoms with van der Waals surface area (Å²) in [7, 11) is 0. The van der Waals surface area contributed by atoms with E-state index in [9.17, 15) is 9.18 Å². The van der Waals surface area contributed by atoms with Crippen LogP contribution >= 0.6 is 0 Å². The Kier molecular flexibility index (Phi) is 5.96. The minimum atomic E-state index is -0.598. The van der Waals surface area contributed by atoms with Gasteiger partial charge in [-0.2, -0.15) is 5.26 Å². The monoisotopic (exact) mass is 207 g/mol. The van der Waals surface area contributed by atoms with Crippen LogP contribution in [0.2, 0.25) is 0 Å². The van der Waals surface area contributed by atoms with E-state index in [-0.39, 0.29) is 11.1 Å². The normalized spacial score (nSPS) is 8.80. The average Bonchev–Trinajstić information content (AvgIpc) is 2.18. The molecule has 0 atom stereocenters. The highest BCUT2D eigenvalue weighted by molar-refractivity contribution is 5.75. The molecule has 0 saturated heterocycles. The maximum atomic E-state index is 12.6. The third kappa shape index (κ3) is 5.58. The molecule has 1 aromatic rings. The standard InChI is InChI=1S/C8H4FNO.C4H10/c9-8-2-1-6(4-10)3-7(8)5-11;1-4(2)3/h1-3,5H;4H,1-3H3. The van der Waals surface area contributed by atoms with E-state index in [2.05, 4.69) is 20.8 Å². The minimum absolute atomic E-state index is 0.0796. The van der Waals surface area contributed by atoms with Crippen molar-refractivity contribution in [3.8, 4) is 6.07 Å². The maximum absolute atomic E-state index is 12.6. The number of carbonyl (C=O) groups excluding carboxylic acids is 1. The molecule has 0 aliphatic rings. The van der Waals surface area contributed by atoms with Gasteiger partial charge in [0.15, 0.2) is 6.29 Å². The molecule has 2 nitrogen and oxygen atoms in total. The van der Waals surface area contributed by atoms with Crippen LogP contribution in [0, 0.1) is 23.1 Å². The molecule has 0 radical (unpaired) electrons. The molecule has 0 aliphatic carbocycles. The van der Waals surface area contributed by atoms with Crippen LogP contribution < -0.4 is 0 Å². The zero-order valence-corrected chi connectivity index (χ0v) is 9.12. The Morgan fingerprint density at radius 3 is 2.33 bits per heavy atom. The Labute approximate surface area is 89.3 Å². The van der Waals surface area contributed by atoms with Crippen molar-refractivity contribution in [2.45, 2.75) is 20.8 Å². The second-order valence-electron chi connectivity index (χ2n) is 3.70. The molecule has 0 aromatic heterocycles. The van der Waals surface area contributed by atoms with E-state index in [1.165, 1.54) is 12.1 Å². The molecule has 0 amide bonds. The van der Waals surface area contributed by atoms with E-state index in [1.54, 1.807) is 6.07 Å². The van der Waals surface area contributed by atoms with Gasteiger partial charge in [0.05, 0.1) is 17.2 Å². The number of aldehydes is 1. The van der Waals surface area contributed by atoms with Gasteiger partial charge in [0.1, 0.15) is 5.82 Å². The number of nitrogens with zero attached hydrogens (tertiary/aromatic N) is 1. The third-order valence-corrected chi connectivity index (χ3v) is 1.25. The topological polar surface area (TPSA) is 40.9 Å². The minimum Gasteiger partial charge on any atom is -0.298 e. The van der Waals surface area contributed by atoms with Crippen LogP contribution in [0.15, 0.2) is 18.2 Å². The molecule has 0 spiro atoms. The van der Waals surface area contributed by atoms with E-state index < -0.39 is 5.82 Å². The van der Waals surface area contributed by atoms with Crippen LogP contribution in [-0.2, 0) is 0 Å². The van der Waals surface area contributed by atoms with Crippen molar-refractivity contribution in [2.75, 3.05) is 0 Å². The van der Waals surface area contributed by atoms with Crippen LogP contribution in [0.5, 0.6) is 0 Å². The van der Waals surface area contributed by atoms with Crippen molar-refractivity contribution in [3.05, 3.63) is 35.1 Å². The van der Waals surface area contributed by atoms with Crippen LogP contribution in [0.4, 0.5) is 4.39 Å². The molecule has 0 N–H and O–H groups in total. The van der Waals surface area contributed by atoms with Crippen LogP contribution in [0.1, 0.15) is 36.7 Å². The van der Waals surface area contributed by atoms with E-state index in [4.69, 9.17) is 5.26 Å². The molecule has 0 aliphatic heterocycles. The molecule has 3 heteroatoms. The van der Waals surface area contributed by atoms with Gasteiger partial charge >= 0.3 is 0 Å². The quantitative estimate of drug-likeness (QED) is 0.663. The number of carbonyl (C=O) groups is 1. The summed E-state index contributed by atoms with van der Waals surface area (Å²) in [4.78, 5) is 10.1. The van der Waals surface area contributed by atoms with Gasteiger partial charge < -0.3 is 0 Å². The fourth-order valence-electron chi connectivity index (χ4n) is 0.704. The van der Waals surface area contributed by atoms with E-state index >= 15 is 0 Å². The second kappa shape index (κ2) is 6.72. The SMILES string of the molecule is CC(C)C.N#Cc1ccc(F)c(C=O)c1. The predicted molar refractivity (Wildman–Crippen MR) is 57.0 cm³/mol. The van der Waals surface area contributed by atoms with Crippen molar-refractivity contribution in [1.82, 2.24) is 0 Å². The molecule has 1 rings (SSSR count). The molecule has 0 fully saturated rings. The first kappa shape index (κ1) is 13.3. The molecular weight excluding hydrogens is 193 g/mol. The summed E-state index contributed by atoms with van der Waals surface area (Å²) in [5, 5.41) is 8.36. The largest absolute Gasteiger partial charge is 0.298 e. The molecular formula is C12H14FNO. The Hall–Kier alpha value is -1.69. The van der Waals surface area contributed by atoms with Gasteiger partial charge in [-0.25, -0.2) is 4.39 Å². The van der Waals surface area contributed by atoms with Gasteiger partial charge in [-0.05, 0) is 24.1 Å². The van der Waals surface area contributed by atoms with Crippen LogP contribution in [0.25, 0.3) is 0 Å². The lowest BCUT2D eigenvalue weighted by Crippen LogP contribution is -1.87. The summed E-state index contributed by atoms with van der Waals surface area (Å²) in [5.41, 5.74) is 0.206. The fraction of sp³-hybridized carbons (Fsp3) is 0.333. The first-order valence-electron chi connectivity index (χ1n) is 4.66. The molecule has 1 aromatic carbocycles. The van der Waals surface area contributed by atoms with Gasteiger partial charge in [-0.3, -0.25) is 4.79 Å². The summed E-state index contributed by atoms with van der Waals surface area (Å²) in [6, 6.07) is 5.44. The zero-order valence-electron chi connectivity index (χ0n) is 9.12. The van der Waals surface area contributed by atoms with Crippen molar-refractivity contribution < 1.29 is 9.18 Å². The fourth-order valence-corrected chi connectivity index (χ4v) is 0.704. The highest BCUT2D eigenvalue weighted by atomic mass is 19.1. The summed E-state index contributed by atoms with van der Waals surface area (Å²) >= 11 is 0. The van der Waals surface area contributed by atoms with Crippen molar-refractivity contribution in [2.24, 2.45) is 5.92 Å². The lowest BCUT2D eigenvalue weighted by Gasteiger charge is -1.92. The number of halogens is 1. The lowest BCUT2D eigenvalue weighted by molar-refractivity contribution is 0.112. The number of nitriles is 1. The zero-order chi connectivity index (χ0) is 11.8. The van der Waals surface area contributed by atoms with E-state index in [0.717, 1.165) is 12.0 Å². The van der Waals surface area contributed by atoms with Gasteiger partial charge in [-0.15, -0.1) is 0 Å². The van der Waals surface area contributed by atoms with Crippen LogP contribution in [0.3, 0.4) is 0 Å². The third-order valence-electron chi connectivity index (χ3n) is 1.25. The highest BCUT2D eigenvalue weighted by Crippen LogP contribution is 2.06. The van der Waals surface area contributed by atoms with Crippen molar-refractivity contribution >= 4 is 6.29 Å². The maximum Gasteiger partial charge on any atom is 0.153 e. The summed E-state index contributed by atoms with van der Waals surface area (Å²) < 4.78 is 12.6. The molecule has 15 heavy (non-hydrogen) atoms. The molecule has 0 saturated carbocycles.